The number of likely N-dealkylation sites (N-methyl/N-ethyl adjacent to an activating group) is 1. The molecular weight excluding hydrogens is 388 g/mol. The molecule has 0 atom stereocenters. The van der Waals surface area contributed by atoms with Gasteiger partial charge in [0, 0.05) is 25.6 Å². The van der Waals surface area contributed by atoms with Gasteiger partial charge >= 0.3 is 11.9 Å². The van der Waals surface area contributed by atoms with Crippen LogP contribution in [0.5, 0.6) is 5.75 Å². The minimum Gasteiger partial charge on any atom is -0.497 e. The second kappa shape index (κ2) is 12.6. The molecule has 8 nitrogen and oxygen atoms in total. The molecule has 8 heteroatoms. The van der Waals surface area contributed by atoms with E-state index in [0.29, 0.717) is 12.5 Å². The van der Waals surface area contributed by atoms with Crippen LogP contribution in [0.1, 0.15) is 32.3 Å². The van der Waals surface area contributed by atoms with E-state index in [4.69, 9.17) is 24.5 Å². The van der Waals surface area contributed by atoms with E-state index in [9.17, 15) is 4.79 Å². The van der Waals surface area contributed by atoms with Gasteiger partial charge in [0.2, 0.25) is 5.91 Å². The second-order valence-electron chi connectivity index (χ2n) is 7.32. The lowest BCUT2D eigenvalue weighted by Gasteiger charge is -2.34. The zero-order valence-corrected chi connectivity index (χ0v) is 18.0. The van der Waals surface area contributed by atoms with Crippen molar-refractivity contribution in [1.29, 1.82) is 0 Å². The van der Waals surface area contributed by atoms with E-state index in [1.807, 2.05) is 30.9 Å². The van der Waals surface area contributed by atoms with Crippen LogP contribution in [0.2, 0.25) is 0 Å². The number of carboxylic acid groups (broad SMARTS) is 2. The van der Waals surface area contributed by atoms with Gasteiger partial charge in [0.25, 0.3) is 0 Å². The monoisotopic (exact) mass is 420 g/mol. The molecule has 2 rings (SSSR count). The summed E-state index contributed by atoms with van der Waals surface area (Å²) in [5.41, 5.74) is 2.33. The third kappa shape index (κ3) is 8.65. The van der Waals surface area contributed by atoms with E-state index in [-0.39, 0.29) is 5.92 Å². The summed E-state index contributed by atoms with van der Waals surface area (Å²) in [5, 5.41) is 14.8. The second-order valence-corrected chi connectivity index (χ2v) is 7.32. The zero-order valence-electron chi connectivity index (χ0n) is 18.0. The molecule has 1 aliphatic rings. The Labute approximate surface area is 177 Å². The average molecular weight is 421 g/mol. The molecule has 0 spiro atoms. The van der Waals surface area contributed by atoms with Gasteiger partial charge in [-0.15, -0.1) is 0 Å². The molecule has 0 unspecified atom stereocenters. The molecule has 1 amide bonds. The highest BCUT2D eigenvalue weighted by atomic mass is 16.5. The Bertz CT molecular complexity index is 712. The topological polar surface area (TPSA) is 107 Å². The first-order chi connectivity index (χ1) is 14.2. The maximum Gasteiger partial charge on any atom is 0.414 e. The van der Waals surface area contributed by atoms with Crippen molar-refractivity contribution in [3.63, 3.8) is 0 Å². The van der Waals surface area contributed by atoms with Gasteiger partial charge in [-0.05, 0) is 57.5 Å². The molecule has 2 N–H and O–H groups in total. The number of hydrogen-bond donors (Lipinski definition) is 2. The summed E-state index contributed by atoms with van der Waals surface area (Å²) in [6.45, 7) is 12.3. The van der Waals surface area contributed by atoms with Gasteiger partial charge in [-0.25, -0.2) is 9.59 Å². The van der Waals surface area contributed by atoms with Crippen molar-refractivity contribution in [1.82, 2.24) is 9.80 Å². The van der Waals surface area contributed by atoms with Crippen molar-refractivity contribution < 1.29 is 29.3 Å². The lowest BCUT2D eigenvalue weighted by molar-refractivity contribution is -0.159. The molecule has 30 heavy (non-hydrogen) atoms. The van der Waals surface area contributed by atoms with Crippen LogP contribution in [0.25, 0.3) is 0 Å². The number of amides is 1. The third-order valence-corrected chi connectivity index (χ3v) is 4.84. The number of nitrogens with zero attached hydrogens (tertiary/aromatic N) is 2. The quantitative estimate of drug-likeness (QED) is 0.515. The Morgan fingerprint density at radius 2 is 1.67 bits per heavy atom. The minimum absolute atomic E-state index is 0.163. The van der Waals surface area contributed by atoms with Gasteiger partial charge in [0.15, 0.2) is 0 Å². The van der Waals surface area contributed by atoms with Crippen molar-refractivity contribution in [2.45, 2.75) is 33.2 Å². The fourth-order valence-corrected chi connectivity index (χ4v) is 3.26. The number of methoxy groups -OCH3 is 1. The van der Waals surface area contributed by atoms with E-state index in [1.165, 1.54) is 5.56 Å². The molecular formula is C22H32N2O6. The highest BCUT2D eigenvalue weighted by Gasteiger charge is 2.27. The Morgan fingerprint density at radius 1 is 1.13 bits per heavy atom. The van der Waals surface area contributed by atoms with Crippen LogP contribution in [-0.4, -0.2) is 71.1 Å². The van der Waals surface area contributed by atoms with E-state index >= 15 is 0 Å². The summed E-state index contributed by atoms with van der Waals surface area (Å²) in [4.78, 5) is 35.2. The molecule has 1 fully saturated rings. The van der Waals surface area contributed by atoms with Crippen LogP contribution in [0.15, 0.2) is 36.4 Å². The number of carboxylic acids is 2. The van der Waals surface area contributed by atoms with Crippen LogP contribution in [0, 0.1) is 5.92 Å². The summed E-state index contributed by atoms with van der Waals surface area (Å²) in [5.74, 6) is -2.30. The predicted molar refractivity (Wildman–Crippen MR) is 113 cm³/mol. The molecule has 0 aromatic heterocycles. The number of hydrogen-bond acceptors (Lipinski definition) is 5. The maximum absolute atomic E-state index is 12.7. The lowest BCUT2D eigenvalue weighted by atomic mass is 9.94. The van der Waals surface area contributed by atoms with E-state index < -0.39 is 11.9 Å². The molecule has 0 radical (unpaired) electrons. The Morgan fingerprint density at radius 3 is 2.07 bits per heavy atom. The molecule has 0 saturated carbocycles. The predicted octanol–water partition coefficient (Wildman–Crippen LogP) is 2.49. The zero-order chi connectivity index (χ0) is 22.7. The number of carbonyl (C=O) groups excluding carboxylic acids is 1. The van der Waals surface area contributed by atoms with Crippen molar-refractivity contribution in [3.8, 4) is 5.75 Å². The first kappa shape index (κ1) is 25.2. The first-order valence-corrected chi connectivity index (χ1v) is 9.92. The molecule has 1 saturated heterocycles. The molecule has 0 aliphatic carbocycles. The number of benzene rings is 1. The third-order valence-electron chi connectivity index (χ3n) is 4.84. The summed E-state index contributed by atoms with van der Waals surface area (Å²) in [6, 6.07) is 8.23. The molecule has 1 aromatic carbocycles. The summed E-state index contributed by atoms with van der Waals surface area (Å²) >= 11 is 0. The van der Waals surface area contributed by atoms with Gasteiger partial charge < -0.3 is 19.8 Å². The van der Waals surface area contributed by atoms with E-state index in [2.05, 4.69) is 23.6 Å². The van der Waals surface area contributed by atoms with Crippen LogP contribution < -0.4 is 4.74 Å². The normalized spacial score (nSPS) is 14.2. The van der Waals surface area contributed by atoms with Crippen LogP contribution in [0.3, 0.4) is 0 Å². The maximum atomic E-state index is 12.7. The summed E-state index contributed by atoms with van der Waals surface area (Å²) < 4.78 is 5.20. The van der Waals surface area contributed by atoms with Crippen molar-refractivity contribution in [2.75, 3.05) is 33.3 Å². The van der Waals surface area contributed by atoms with Crippen LogP contribution in [0.4, 0.5) is 0 Å². The Balaban J connectivity index is 0.000000656. The molecule has 1 aromatic rings. The Kier molecular flexibility index (Phi) is 10.6. The number of aliphatic carboxylic acids is 2. The van der Waals surface area contributed by atoms with Gasteiger partial charge in [-0.3, -0.25) is 9.69 Å². The number of carbonyl (C=O) groups is 3. The van der Waals surface area contributed by atoms with Crippen LogP contribution >= 0.6 is 0 Å². The van der Waals surface area contributed by atoms with Crippen molar-refractivity contribution in [3.05, 3.63) is 42.0 Å². The fraction of sp³-hybridized carbons (Fsp3) is 0.500. The van der Waals surface area contributed by atoms with Gasteiger partial charge in [0.05, 0.1) is 7.11 Å². The SMILES string of the molecule is C=C(C)CN(CC)C(=O)C1CCN(Cc2ccc(OC)cc2)CC1.O=C(O)C(=O)O. The first-order valence-electron chi connectivity index (χ1n) is 9.92. The van der Waals surface area contributed by atoms with Gasteiger partial charge in [-0.1, -0.05) is 24.3 Å². The number of ether oxygens (including phenoxy) is 1. The van der Waals surface area contributed by atoms with Crippen molar-refractivity contribution >= 4 is 17.8 Å². The highest BCUT2D eigenvalue weighted by Crippen LogP contribution is 2.22. The van der Waals surface area contributed by atoms with Gasteiger partial charge in [0.1, 0.15) is 5.75 Å². The summed E-state index contributed by atoms with van der Waals surface area (Å²) in [6.07, 6.45) is 1.89. The largest absolute Gasteiger partial charge is 0.497 e. The number of rotatable bonds is 7. The summed E-state index contributed by atoms with van der Waals surface area (Å²) in [7, 11) is 1.68. The molecule has 1 aliphatic heterocycles. The minimum atomic E-state index is -1.82. The van der Waals surface area contributed by atoms with E-state index in [0.717, 1.165) is 50.3 Å². The number of piperidine rings is 1. The van der Waals surface area contributed by atoms with Crippen molar-refractivity contribution in [2.24, 2.45) is 5.92 Å². The average Bonchev–Trinajstić information content (AvgIpc) is 2.73. The standard InChI is InChI=1S/C20H30N2O2.C2H2O4/c1-5-22(14-16(2)3)20(23)18-10-12-21(13-11-18)15-17-6-8-19(24-4)9-7-17;3-1(4)2(5)6/h6-9,18H,2,5,10-15H2,1,3-4H3;(H,3,4)(H,5,6). The Hall–Kier alpha value is -2.87. The number of likely N-dealkylation sites (tertiary alicyclic amines) is 1. The lowest BCUT2D eigenvalue weighted by Crippen LogP contribution is -2.42. The molecule has 166 valence electrons. The smallest absolute Gasteiger partial charge is 0.414 e. The van der Waals surface area contributed by atoms with Gasteiger partial charge in [-0.2, -0.15) is 0 Å². The molecule has 1 heterocycles. The molecule has 0 bridgehead atoms. The van der Waals surface area contributed by atoms with Crippen LogP contribution in [-0.2, 0) is 20.9 Å². The van der Waals surface area contributed by atoms with E-state index in [1.54, 1.807) is 7.11 Å². The fourth-order valence-electron chi connectivity index (χ4n) is 3.26. The highest BCUT2D eigenvalue weighted by molar-refractivity contribution is 6.27.